The van der Waals surface area contributed by atoms with Crippen molar-refractivity contribution in [2.75, 3.05) is 6.54 Å². The van der Waals surface area contributed by atoms with E-state index in [0.29, 0.717) is 34.1 Å². The summed E-state index contributed by atoms with van der Waals surface area (Å²) >= 11 is 3.26. The zero-order chi connectivity index (χ0) is 12.5. The van der Waals surface area contributed by atoms with Gasteiger partial charge in [0.05, 0.1) is 0 Å². The Morgan fingerprint density at radius 3 is 2.95 bits per heavy atom. The van der Waals surface area contributed by atoms with Crippen molar-refractivity contribution in [3.8, 4) is 11.6 Å². The molecule has 0 saturated carbocycles. The third-order valence-electron chi connectivity index (χ3n) is 3.21. The monoisotopic (exact) mass is 347 g/mol. The molecule has 1 N–H and O–H groups in total. The Morgan fingerprint density at radius 2 is 2.26 bits per heavy atom. The van der Waals surface area contributed by atoms with Crippen LogP contribution in [-0.2, 0) is 0 Å². The summed E-state index contributed by atoms with van der Waals surface area (Å²) in [6.45, 7) is 3.17. The van der Waals surface area contributed by atoms with E-state index in [1.807, 2.05) is 12.1 Å². The molecule has 0 aliphatic carbocycles. The first-order chi connectivity index (χ1) is 8.72. The van der Waals surface area contributed by atoms with Crippen molar-refractivity contribution in [1.82, 2.24) is 15.5 Å². The number of piperidine rings is 1. The lowest BCUT2D eigenvalue weighted by atomic mass is 9.93. The summed E-state index contributed by atoms with van der Waals surface area (Å²) in [7, 11) is 0. The zero-order valence-corrected chi connectivity index (χ0v) is 12.8. The number of halogens is 2. The van der Waals surface area contributed by atoms with Gasteiger partial charge in [-0.25, -0.2) is 0 Å². The maximum atomic E-state index is 5.41. The number of aromatic nitrogens is 2. The third-order valence-corrected chi connectivity index (χ3v) is 3.63. The summed E-state index contributed by atoms with van der Waals surface area (Å²) in [5.74, 6) is 2.20. The summed E-state index contributed by atoms with van der Waals surface area (Å²) in [5.41, 5.74) is 0. The maximum Gasteiger partial charge on any atom is 0.238 e. The molecule has 1 aliphatic heterocycles. The quantitative estimate of drug-likeness (QED) is 0.901. The van der Waals surface area contributed by atoms with Crippen LogP contribution in [-0.4, -0.2) is 22.7 Å². The minimum Gasteiger partial charge on any atom is -0.446 e. The van der Waals surface area contributed by atoms with Gasteiger partial charge < -0.3 is 14.3 Å². The smallest absolute Gasteiger partial charge is 0.238 e. The summed E-state index contributed by atoms with van der Waals surface area (Å²) in [5, 5.41) is 7.39. The first-order valence-corrected chi connectivity index (χ1v) is 6.84. The molecule has 0 amide bonds. The van der Waals surface area contributed by atoms with Gasteiger partial charge in [0.15, 0.2) is 10.4 Å². The lowest BCUT2D eigenvalue weighted by Gasteiger charge is -2.25. The molecular formula is C12H15BrClN3O2. The van der Waals surface area contributed by atoms with Gasteiger partial charge in [-0.3, -0.25) is 0 Å². The molecule has 5 nitrogen and oxygen atoms in total. The highest BCUT2D eigenvalue weighted by Crippen LogP contribution is 2.29. The van der Waals surface area contributed by atoms with Gasteiger partial charge in [0, 0.05) is 12.0 Å². The molecule has 0 aromatic carbocycles. The Bertz CT molecular complexity index is 543. The number of furan rings is 1. The second-order valence-electron chi connectivity index (χ2n) is 4.64. The van der Waals surface area contributed by atoms with E-state index in [1.165, 1.54) is 0 Å². The fraction of sp³-hybridized carbons (Fsp3) is 0.500. The van der Waals surface area contributed by atoms with Crippen molar-refractivity contribution in [2.24, 2.45) is 0 Å². The van der Waals surface area contributed by atoms with Gasteiger partial charge in [0.1, 0.15) is 0 Å². The molecule has 1 saturated heterocycles. The molecule has 19 heavy (non-hydrogen) atoms. The van der Waals surface area contributed by atoms with Crippen molar-refractivity contribution in [2.45, 2.75) is 31.7 Å². The molecule has 3 rings (SSSR count). The molecule has 7 heteroatoms. The minimum atomic E-state index is 0. The predicted octanol–water partition coefficient (Wildman–Crippen LogP) is 3.37. The maximum absolute atomic E-state index is 5.41. The van der Waals surface area contributed by atoms with Crippen LogP contribution < -0.4 is 5.32 Å². The minimum absolute atomic E-state index is 0. The van der Waals surface area contributed by atoms with Crippen LogP contribution in [0.25, 0.3) is 11.6 Å². The van der Waals surface area contributed by atoms with Crippen LogP contribution in [0.2, 0.25) is 0 Å². The van der Waals surface area contributed by atoms with E-state index in [9.17, 15) is 0 Å². The van der Waals surface area contributed by atoms with Gasteiger partial charge in [0.25, 0.3) is 0 Å². The molecule has 0 spiro atoms. The predicted molar refractivity (Wildman–Crippen MR) is 76.4 cm³/mol. The molecule has 0 unspecified atom stereocenters. The summed E-state index contributed by atoms with van der Waals surface area (Å²) in [6, 6.07) is 4.14. The highest BCUT2D eigenvalue weighted by atomic mass is 79.9. The third kappa shape index (κ3) is 3.19. The van der Waals surface area contributed by atoms with Crippen molar-refractivity contribution in [3.63, 3.8) is 0 Å². The Hall–Kier alpha value is -0.850. The van der Waals surface area contributed by atoms with E-state index in [0.717, 1.165) is 19.4 Å². The van der Waals surface area contributed by atoms with E-state index < -0.39 is 0 Å². The van der Waals surface area contributed by atoms with Crippen molar-refractivity contribution >= 4 is 28.3 Å². The second kappa shape index (κ2) is 6.07. The first-order valence-electron chi connectivity index (χ1n) is 6.05. The molecule has 0 bridgehead atoms. The van der Waals surface area contributed by atoms with Crippen LogP contribution in [0.3, 0.4) is 0 Å². The van der Waals surface area contributed by atoms with Crippen LogP contribution in [0, 0.1) is 0 Å². The fourth-order valence-corrected chi connectivity index (χ4v) is 2.60. The van der Waals surface area contributed by atoms with Crippen molar-refractivity contribution in [1.29, 1.82) is 0 Å². The Labute approximate surface area is 125 Å². The molecule has 2 atom stereocenters. The van der Waals surface area contributed by atoms with Gasteiger partial charge in [-0.1, -0.05) is 5.16 Å². The highest BCUT2D eigenvalue weighted by Gasteiger charge is 2.25. The number of nitrogens with zero attached hydrogens (tertiary/aromatic N) is 2. The standard InChI is InChI=1S/C12H14BrN3O2.ClH/c1-7-6-8(4-5-14-7)12-15-11(16-18-12)9-2-3-10(13)17-9;/h2-3,7-8,14H,4-6H2,1H3;1H/t7-,8-;/m0./s1. The number of hydrogen-bond acceptors (Lipinski definition) is 5. The van der Waals surface area contributed by atoms with E-state index in [2.05, 4.69) is 38.3 Å². The first kappa shape index (κ1) is 14.6. The largest absolute Gasteiger partial charge is 0.446 e. The van der Waals surface area contributed by atoms with E-state index in [4.69, 9.17) is 8.94 Å². The molecule has 2 aromatic rings. The Balaban J connectivity index is 0.00000133. The Morgan fingerprint density at radius 1 is 1.42 bits per heavy atom. The average Bonchev–Trinajstić information content (AvgIpc) is 2.97. The summed E-state index contributed by atoms with van der Waals surface area (Å²) in [6.07, 6.45) is 2.07. The van der Waals surface area contributed by atoms with Crippen LogP contribution in [0.15, 0.2) is 25.7 Å². The fourth-order valence-electron chi connectivity index (χ4n) is 2.29. The molecule has 1 aliphatic rings. The zero-order valence-electron chi connectivity index (χ0n) is 10.4. The second-order valence-corrected chi connectivity index (χ2v) is 5.42. The average molecular weight is 349 g/mol. The van der Waals surface area contributed by atoms with Gasteiger partial charge in [-0.15, -0.1) is 12.4 Å². The van der Waals surface area contributed by atoms with E-state index in [-0.39, 0.29) is 12.4 Å². The van der Waals surface area contributed by atoms with Crippen molar-refractivity contribution in [3.05, 3.63) is 22.7 Å². The van der Waals surface area contributed by atoms with Gasteiger partial charge in [-0.2, -0.15) is 4.98 Å². The molecular weight excluding hydrogens is 334 g/mol. The summed E-state index contributed by atoms with van der Waals surface area (Å²) < 4.78 is 11.4. The van der Waals surface area contributed by atoms with Crippen LogP contribution in [0.5, 0.6) is 0 Å². The topological polar surface area (TPSA) is 64.1 Å². The molecule has 2 aromatic heterocycles. The molecule has 104 valence electrons. The normalized spacial score (nSPS) is 23.1. The highest BCUT2D eigenvalue weighted by molar-refractivity contribution is 9.10. The molecule has 1 fully saturated rings. The molecule has 0 radical (unpaired) electrons. The van der Waals surface area contributed by atoms with Gasteiger partial charge >= 0.3 is 0 Å². The van der Waals surface area contributed by atoms with E-state index >= 15 is 0 Å². The van der Waals surface area contributed by atoms with Gasteiger partial charge in [-0.05, 0) is 54.4 Å². The van der Waals surface area contributed by atoms with Crippen LogP contribution >= 0.6 is 28.3 Å². The number of nitrogens with one attached hydrogen (secondary N) is 1. The lowest BCUT2D eigenvalue weighted by Crippen LogP contribution is -2.34. The van der Waals surface area contributed by atoms with Crippen LogP contribution in [0.4, 0.5) is 0 Å². The van der Waals surface area contributed by atoms with Gasteiger partial charge in [0.2, 0.25) is 11.7 Å². The Kier molecular flexibility index (Phi) is 4.65. The van der Waals surface area contributed by atoms with Crippen molar-refractivity contribution < 1.29 is 8.94 Å². The lowest BCUT2D eigenvalue weighted by molar-refractivity contribution is 0.295. The SMILES string of the molecule is C[C@H]1C[C@@H](c2nc(-c3ccc(Br)o3)no2)CCN1.Cl. The van der Waals surface area contributed by atoms with Crippen LogP contribution in [0.1, 0.15) is 31.6 Å². The summed E-state index contributed by atoms with van der Waals surface area (Å²) in [4.78, 5) is 4.43. The molecule has 3 heterocycles. The number of rotatable bonds is 2. The number of hydrogen-bond donors (Lipinski definition) is 1. The van der Waals surface area contributed by atoms with E-state index in [1.54, 1.807) is 0 Å².